The number of halogens is 2. The molecule has 0 saturated heterocycles. The highest BCUT2D eigenvalue weighted by Crippen LogP contribution is 2.28. The van der Waals surface area contributed by atoms with E-state index in [1.54, 1.807) is 0 Å². The average molecular weight is 222 g/mol. The Hall–Kier alpha value is -0.180. The molecule has 0 N–H and O–H groups in total. The maximum atomic E-state index is 11.7. The molecule has 0 rings (SSSR count). The fourth-order valence-corrected chi connectivity index (χ4v) is 1.58. The van der Waals surface area contributed by atoms with Crippen LogP contribution in [0.25, 0.3) is 0 Å². The van der Waals surface area contributed by atoms with Crippen LogP contribution in [0.15, 0.2) is 0 Å². The zero-order valence-electron chi connectivity index (χ0n) is 10.2. The smallest absolute Gasteiger partial charge is 0.323 e. The van der Waals surface area contributed by atoms with E-state index in [-0.39, 0.29) is 12.0 Å². The number of unbranched alkanes of at least 4 members (excludes halogenated alkanes) is 3. The first-order valence-corrected chi connectivity index (χ1v) is 5.88. The lowest BCUT2D eigenvalue weighted by Crippen LogP contribution is -2.15. The van der Waals surface area contributed by atoms with Gasteiger partial charge in [0.25, 0.3) is 0 Å². The first kappa shape index (κ1) is 14.8. The molecular weight excluding hydrogens is 198 g/mol. The van der Waals surface area contributed by atoms with Crippen molar-refractivity contribution in [1.82, 2.24) is 0 Å². The number of ether oxygens (including phenoxy) is 1. The van der Waals surface area contributed by atoms with E-state index in [0.29, 0.717) is 6.42 Å². The third kappa shape index (κ3) is 10.1. The largest absolute Gasteiger partial charge is 0.345 e. The van der Waals surface area contributed by atoms with Gasteiger partial charge in [0.05, 0.1) is 6.61 Å². The van der Waals surface area contributed by atoms with Gasteiger partial charge in [-0.05, 0) is 18.3 Å². The van der Waals surface area contributed by atoms with E-state index in [1.807, 2.05) is 0 Å². The van der Waals surface area contributed by atoms with Crippen LogP contribution in [0.1, 0.15) is 59.3 Å². The Bertz CT molecular complexity index is 147. The fraction of sp³-hybridized carbons (Fsp3) is 1.00. The Kier molecular flexibility index (Phi) is 7.93. The Morgan fingerprint density at radius 3 is 2.27 bits per heavy atom. The first-order valence-electron chi connectivity index (χ1n) is 5.88. The highest BCUT2D eigenvalue weighted by Gasteiger charge is 2.17. The summed E-state index contributed by atoms with van der Waals surface area (Å²) in [5.41, 5.74) is 0.128. The Balaban J connectivity index is 3.48. The summed E-state index contributed by atoms with van der Waals surface area (Å²) in [4.78, 5) is 0. The second-order valence-electron chi connectivity index (χ2n) is 4.86. The second-order valence-corrected chi connectivity index (χ2v) is 4.86. The van der Waals surface area contributed by atoms with E-state index in [4.69, 9.17) is 0 Å². The van der Waals surface area contributed by atoms with Gasteiger partial charge < -0.3 is 4.74 Å². The zero-order valence-corrected chi connectivity index (χ0v) is 10.2. The van der Waals surface area contributed by atoms with Gasteiger partial charge in [0, 0.05) is 0 Å². The van der Waals surface area contributed by atoms with E-state index >= 15 is 0 Å². The summed E-state index contributed by atoms with van der Waals surface area (Å²) < 4.78 is 27.8. The Morgan fingerprint density at radius 1 is 1.07 bits per heavy atom. The van der Waals surface area contributed by atoms with E-state index in [2.05, 4.69) is 25.5 Å². The number of rotatable bonds is 9. The standard InChI is InChI=1S/C12H24F2O/c1-4-5-6-7-8-12(2,3)9-10-15-11(13)14/h11H,4-10H2,1-3H3. The molecule has 0 aliphatic heterocycles. The molecule has 0 atom stereocenters. The maximum absolute atomic E-state index is 11.7. The molecular formula is C12H24F2O. The molecule has 0 amide bonds. The molecule has 0 spiro atoms. The van der Waals surface area contributed by atoms with Crippen LogP contribution in [0.5, 0.6) is 0 Å². The topological polar surface area (TPSA) is 9.23 Å². The molecule has 0 saturated carbocycles. The van der Waals surface area contributed by atoms with Gasteiger partial charge in [-0.1, -0.05) is 46.5 Å². The molecule has 92 valence electrons. The van der Waals surface area contributed by atoms with Gasteiger partial charge >= 0.3 is 6.61 Å². The van der Waals surface area contributed by atoms with Gasteiger partial charge in [-0.15, -0.1) is 0 Å². The zero-order chi connectivity index (χ0) is 11.7. The van der Waals surface area contributed by atoms with Crippen LogP contribution in [0.3, 0.4) is 0 Å². The number of hydrogen-bond acceptors (Lipinski definition) is 1. The molecule has 0 heterocycles. The third-order valence-electron chi connectivity index (χ3n) is 2.73. The van der Waals surface area contributed by atoms with Gasteiger partial charge in [0.1, 0.15) is 0 Å². The van der Waals surface area contributed by atoms with Gasteiger partial charge in [0.15, 0.2) is 0 Å². The SMILES string of the molecule is CCCCCCC(C)(C)CCOC(F)F. The van der Waals surface area contributed by atoms with Gasteiger partial charge in [-0.2, -0.15) is 8.78 Å². The molecule has 3 heteroatoms. The van der Waals surface area contributed by atoms with Crippen molar-refractivity contribution in [2.75, 3.05) is 6.61 Å². The Morgan fingerprint density at radius 2 is 1.73 bits per heavy atom. The van der Waals surface area contributed by atoms with Crippen molar-refractivity contribution in [1.29, 1.82) is 0 Å². The van der Waals surface area contributed by atoms with Gasteiger partial charge in [-0.3, -0.25) is 0 Å². The predicted molar refractivity (Wildman–Crippen MR) is 59.1 cm³/mol. The molecule has 0 unspecified atom stereocenters. The van der Waals surface area contributed by atoms with E-state index in [9.17, 15) is 8.78 Å². The summed E-state index contributed by atoms with van der Waals surface area (Å²) in [6, 6.07) is 0. The summed E-state index contributed by atoms with van der Waals surface area (Å²) in [6.07, 6.45) is 6.74. The fourth-order valence-electron chi connectivity index (χ4n) is 1.58. The van der Waals surface area contributed by atoms with Crippen molar-refractivity contribution in [3.63, 3.8) is 0 Å². The highest BCUT2D eigenvalue weighted by molar-refractivity contribution is 4.68. The number of hydrogen-bond donors (Lipinski definition) is 0. The molecule has 0 aromatic carbocycles. The highest BCUT2D eigenvalue weighted by atomic mass is 19.3. The van der Waals surface area contributed by atoms with Crippen LogP contribution < -0.4 is 0 Å². The van der Waals surface area contributed by atoms with Crippen molar-refractivity contribution >= 4 is 0 Å². The average Bonchev–Trinajstić information content (AvgIpc) is 2.11. The molecule has 0 aliphatic rings. The predicted octanol–water partition coefficient (Wildman–Crippen LogP) is 4.61. The minimum Gasteiger partial charge on any atom is -0.323 e. The monoisotopic (exact) mass is 222 g/mol. The third-order valence-corrected chi connectivity index (χ3v) is 2.73. The van der Waals surface area contributed by atoms with Crippen LogP contribution >= 0.6 is 0 Å². The van der Waals surface area contributed by atoms with E-state index in [1.165, 1.54) is 25.7 Å². The van der Waals surface area contributed by atoms with Crippen molar-refractivity contribution in [3.05, 3.63) is 0 Å². The van der Waals surface area contributed by atoms with E-state index in [0.717, 1.165) is 6.42 Å². The van der Waals surface area contributed by atoms with Crippen molar-refractivity contribution in [2.24, 2.45) is 5.41 Å². The summed E-state index contributed by atoms with van der Waals surface area (Å²) in [5, 5.41) is 0. The van der Waals surface area contributed by atoms with E-state index < -0.39 is 6.61 Å². The lowest BCUT2D eigenvalue weighted by Gasteiger charge is -2.24. The van der Waals surface area contributed by atoms with Gasteiger partial charge in [-0.25, -0.2) is 0 Å². The van der Waals surface area contributed by atoms with Crippen LogP contribution in [-0.4, -0.2) is 13.2 Å². The lowest BCUT2D eigenvalue weighted by atomic mass is 9.84. The molecule has 1 nitrogen and oxygen atoms in total. The molecule has 0 aromatic rings. The lowest BCUT2D eigenvalue weighted by molar-refractivity contribution is -0.133. The molecule has 0 bridgehead atoms. The molecule has 0 aliphatic carbocycles. The van der Waals surface area contributed by atoms with Crippen molar-refractivity contribution in [3.8, 4) is 0 Å². The second kappa shape index (κ2) is 8.03. The van der Waals surface area contributed by atoms with Gasteiger partial charge in [0.2, 0.25) is 0 Å². The van der Waals surface area contributed by atoms with Crippen LogP contribution in [0, 0.1) is 5.41 Å². The first-order chi connectivity index (χ1) is 6.98. The maximum Gasteiger partial charge on any atom is 0.345 e. The summed E-state index contributed by atoms with van der Waals surface area (Å²) in [5.74, 6) is 0. The minimum atomic E-state index is -2.62. The quantitative estimate of drug-likeness (QED) is 0.517. The molecule has 0 radical (unpaired) electrons. The molecule has 0 fully saturated rings. The van der Waals surface area contributed by atoms with Crippen LogP contribution in [0.4, 0.5) is 8.78 Å². The van der Waals surface area contributed by atoms with Crippen LogP contribution in [-0.2, 0) is 4.74 Å². The van der Waals surface area contributed by atoms with Crippen LogP contribution in [0.2, 0.25) is 0 Å². The summed E-state index contributed by atoms with van der Waals surface area (Å²) in [6.45, 7) is 3.96. The molecule has 0 aromatic heterocycles. The summed E-state index contributed by atoms with van der Waals surface area (Å²) >= 11 is 0. The normalized spacial score (nSPS) is 12.4. The Labute approximate surface area is 92.2 Å². The summed E-state index contributed by atoms with van der Waals surface area (Å²) in [7, 11) is 0. The molecule has 15 heavy (non-hydrogen) atoms. The van der Waals surface area contributed by atoms with Crippen molar-refractivity contribution < 1.29 is 13.5 Å². The number of alkyl halides is 2. The van der Waals surface area contributed by atoms with Crippen molar-refractivity contribution in [2.45, 2.75) is 65.9 Å². The minimum absolute atomic E-state index is 0.128.